The van der Waals surface area contributed by atoms with Crippen molar-refractivity contribution in [1.82, 2.24) is 5.32 Å². The molecule has 0 aromatic heterocycles. The Bertz CT molecular complexity index is 179. The zero-order valence-electron chi connectivity index (χ0n) is 9.46. The van der Waals surface area contributed by atoms with Crippen LogP contribution in [-0.2, 0) is 14.3 Å². The van der Waals surface area contributed by atoms with Crippen molar-refractivity contribution in [2.24, 2.45) is 5.92 Å². The maximum atomic E-state index is 11.5. The third-order valence-electron chi connectivity index (χ3n) is 2.66. The monoisotopic (exact) mass is 215 g/mol. The molecule has 0 aromatic carbocycles. The van der Waals surface area contributed by atoms with Crippen LogP contribution in [-0.4, -0.2) is 45.8 Å². The fraction of sp³-hybridized carbons (Fsp3) is 0.909. The van der Waals surface area contributed by atoms with Gasteiger partial charge in [0.2, 0.25) is 0 Å². The van der Waals surface area contributed by atoms with E-state index in [1.165, 1.54) is 0 Å². The van der Waals surface area contributed by atoms with Gasteiger partial charge in [-0.1, -0.05) is 0 Å². The van der Waals surface area contributed by atoms with Crippen LogP contribution >= 0.6 is 0 Å². The highest BCUT2D eigenvalue weighted by molar-refractivity contribution is 5.80. The molecule has 0 amide bonds. The van der Waals surface area contributed by atoms with Gasteiger partial charge < -0.3 is 14.8 Å². The van der Waals surface area contributed by atoms with Gasteiger partial charge >= 0.3 is 0 Å². The van der Waals surface area contributed by atoms with E-state index < -0.39 is 0 Å². The summed E-state index contributed by atoms with van der Waals surface area (Å²) in [7, 11) is 1.66. The second-order valence-electron chi connectivity index (χ2n) is 3.97. The minimum Gasteiger partial charge on any atom is -0.383 e. The van der Waals surface area contributed by atoms with E-state index in [1.54, 1.807) is 7.11 Å². The fourth-order valence-corrected chi connectivity index (χ4v) is 1.75. The molecule has 0 unspecified atom stereocenters. The third-order valence-corrected chi connectivity index (χ3v) is 2.66. The van der Waals surface area contributed by atoms with Crippen molar-refractivity contribution in [2.75, 3.05) is 40.0 Å². The van der Waals surface area contributed by atoms with Crippen molar-refractivity contribution in [3.05, 3.63) is 0 Å². The van der Waals surface area contributed by atoms with Crippen LogP contribution in [0.3, 0.4) is 0 Å². The Balaban J connectivity index is 2.01. The summed E-state index contributed by atoms with van der Waals surface area (Å²) in [6, 6.07) is 0. The molecular formula is C11H21NO3. The molecule has 0 atom stereocenters. The lowest BCUT2D eigenvalue weighted by molar-refractivity contribution is -0.119. The van der Waals surface area contributed by atoms with Gasteiger partial charge in [0, 0.05) is 33.3 Å². The summed E-state index contributed by atoms with van der Waals surface area (Å²) in [5.74, 6) is 0.841. The second kappa shape index (κ2) is 7.79. The van der Waals surface area contributed by atoms with Gasteiger partial charge in [0.1, 0.15) is 5.78 Å². The first-order valence-corrected chi connectivity index (χ1v) is 5.62. The van der Waals surface area contributed by atoms with Gasteiger partial charge in [0.15, 0.2) is 0 Å². The van der Waals surface area contributed by atoms with Gasteiger partial charge in [0.25, 0.3) is 0 Å². The van der Waals surface area contributed by atoms with Gasteiger partial charge in [0.05, 0.1) is 13.2 Å². The minimum atomic E-state index is 0.304. The van der Waals surface area contributed by atoms with Crippen molar-refractivity contribution < 1.29 is 14.3 Å². The number of ketones is 1. The van der Waals surface area contributed by atoms with Crippen molar-refractivity contribution in [3.8, 4) is 0 Å². The predicted molar refractivity (Wildman–Crippen MR) is 57.9 cm³/mol. The fourth-order valence-electron chi connectivity index (χ4n) is 1.75. The number of methoxy groups -OCH3 is 1. The Hall–Kier alpha value is -0.450. The summed E-state index contributed by atoms with van der Waals surface area (Å²) in [5.41, 5.74) is 0. The van der Waals surface area contributed by atoms with Crippen LogP contribution in [0.1, 0.15) is 19.3 Å². The predicted octanol–water partition coefficient (Wildman–Crippen LogP) is 0.608. The smallest absolute Gasteiger partial charge is 0.146 e. The van der Waals surface area contributed by atoms with E-state index in [9.17, 15) is 4.79 Å². The average molecular weight is 215 g/mol. The molecule has 1 rings (SSSR count). The number of rotatable bonds is 7. The zero-order valence-corrected chi connectivity index (χ0v) is 9.46. The van der Waals surface area contributed by atoms with Crippen LogP contribution in [0.15, 0.2) is 0 Å². The molecule has 1 aliphatic rings. The number of nitrogens with one attached hydrogen (secondary N) is 1. The van der Waals surface area contributed by atoms with Gasteiger partial charge in [-0.15, -0.1) is 0 Å². The molecule has 1 heterocycles. The number of carbonyl (C=O) groups excluding carboxylic acids is 1. The molecule has 0 bridgehead atoms. The molecule has 0 aromatic rings. The largest absolute Gasteiger partial charge is 0.383 e. The Morgan fingerprint density at radius 3 is 2.87 bits per heavy atom. The van der Waals surface area contributed by atoms with Crippen LogP contribution in [0.5, 0.6) is 0 Å². The van der Waals surface area contributed by atoms with Crippen molar-refractivity contribution >= 4 is 5.78 Å². The quantitative estimate of drug-likeness (QED) is 0.632. The van der Waals surface area contributed by atoms with E-state index in [1.807, 2.05) is 0 Å². The zero-order chi connectivity index (χ0) is 10.9. The summed E-state index contributed by atoms with van der Waals surface area (Å²) < 4.78 is 10.1. The van der Waals surface area contributed by atoms with Gasteiger partial charge in [-0.3, -0.25) is 4.79 Å². The van der Waals surface area contributed by atoms with E-state index in [-0.39, 0.29) is 0 Å². The Kier molecular flexibility index (Phi) is 6.55. The molecule has 1 saturated heterocycles. The average Bonchev–Trinajstić information content (AvgIpc) is 2.26. The molecule has 0 saturated carbocycles. The summed E-state index contributed by atoms with van der Waals surface area (Å²) in [4.78, 5) is 11.5. The number of ether oxygens (including phenoxy) is 2. The van der Waals surface area contributed by atoms with Crippen molar-refractivity contribution in [2.45, 2.75) is 19.3 Å². The van der Waals surface area contributed by atoms with E-state index >= 15 is 0 Å². The lowest BCUT2D eigenvalue weighted by atomic mass is 9.94. The Labute approximate surface area is 91.3 Å². The molecular weight excluding hydrogens is 194 g/mol. The van der Waals surface area contributed by atoms with Gasteiger partial charge in [-0.25, -0.2) is 0 Å². The molecule has 1 N–H and O–H groups in total. The molecule has 88 valence electrons. The first-order valence-electron chi connectivity index (χ1n) is 5.62. The van der Waals surface area contributed by atoms with Gasteiger partial charge in [-0.05, 0) is 18.8 Å². The SMILES string of the molecule is COCCNCC(=O)CC1CCOCC1. The minimum absolute atomic E-state index is 0.304. The second-order valence-corrected chi connectivity index (χ2v) is 3.97. The third kappa shape index (κ3) is 5.87. The van der Waals surface area contributed by atoms with Crippen molar-refractivity contribution in [1.29, 1.82) is 0 Å². The van der Waals surface area contributed by atoms with Gasteiger partial charge in [-0.2, -0.15) is 0 Å². The molecule has 1 fully saturated rings. The van der Waals surface area contributed by atoms with Crippen LogP contribution in [0.2, 0.25) is 0 Å². The molecule has 1 aliphatic heterocycles. The lowest BCUT2D eigenvalue weighted by Crippen LogP contribution is -2.28. The number of carbonyl (C=O) groups is 1. The molecule has 0 radical (unpaired) electrons. The maximum Gasteiger partial charge on any atom is 0.146 e. The van der Waals surface area contributed by atoms with E-state index in [2.05, 4.69) is 5.32 Å². The Morgan fingerprint density at radius 1 is 1.47 bits per heavy atom. The maximum absolute atomic E-state index is 11.5. The molecule has 4 heteroatoms. The molecule has 15 heavy (non-hydrogen) atoms. The summed E-state index contributed by atoms with van der Waals surface area (Å²) in [6.07, 6.45) is 2.76. The number of hydrogen-bond donors (Lipinski definition) is 1. The van der Waals surface area contributed by atoms with Crippen LogP contribution < -0.4 is 5.32 Å². The molecule has 4 nitrogen and oxygen atoms in total. The topological polar surface area (TPSA) is 47.6 Å². The normalized spacial score (nSPS) is 17.9. The molecule has 0 aliphatic carbocycles. The standard InChI is InChI=1S/C11H21NO3/c1-14-7-4-12-9-11(13)8-10-2-5-15-6-3-10/h10,12H,2-9H2,1H3. The lowest BCUT2D eigenvalue weighted by Gasteiger charge is -2.21. The van der Waals surface area contributed by atoms with Crippen LogP contribution in [0.25, 0.3) is 0 Å². The van der Waals surface area contributed by atoms with E-state index in [0.717, 1.165) is 32.6 Å². The highest BCUT2D eigenvalue weighted by Crippen LogP contribution is 2.18. The number of Topliss-reactive ketones (excluding diaryl/α,β-unsaturated/α-hetero) is 1. The Morgan fingerprint density at radius 2 is 2.20 bits per heavy atom. The number of hydrogen-bond acceptors (Lipinski definition) is 4. The highest BCUT2D eigenvalue weighted by Gasteiger charge is 2.16. The van der Waals surface area contributed by atoms with Crippen LogP contribution in [0, 0.1) is 5.92 Å². The summed E-state index contributed by atoms with van der Waals surface area (Å²) >= 11 is 0. The first-order chi connectivity index (χ1) is 7.33. The first kappa shape index (κ1) is 12.6. The summed E-state index contributed by atoms with van der Waals surface area (Å²) in [6.45, 7) is 3.51. The van der Waals surface area contributed by atoms with Crippen molar-refractivity contribution in [3.63, 3.8) is 0 Å². The summed E-state index contributed by atoms with van der Waals surface area (Å²) in [5, 5.41) is 3.07. The highest BCUT2D eigenvalue weighted by atomic mass is 16.5. The molecule has 0 spiro atoms. The van der Waals surface area contributed by atoms with Crippen LogP contribution in [0.4, 0.5) is 0 Å². The van der Waals surface area contributed by atoms with E-state index in [4.69, 9.17) is 9.47 Å². The van der Waals surface area contributed by atoms with E-state index in [0.29, 0.717) is 31.3 Å².